The lowest BCUT2D eigenvalue weighted by Crippen LogP contribution is -2.33. The number of nitrogen functional groups attached to an aromatic ring is 2. The van der Waals surface area contributed by atoms with E-state index in [4.69, 9.17) is 41.6 Å². The fourth-order valence-electron chi connectivity index (χ4n) is 4.79. The number of ether oxygens (including phenoxy) is 1. The number of halogens is 2. The number of nitrogens with zero attached hydrogens (tertiary/aromatic N) is 8. The van der Waals surface area contributed by atoms with Crippen LogP contribution >= 0.6 is 25.6 Å². The van der Waals surface area contributed by atoms with Crippen LogP contribution in [0.15, 0.2) is 17.4 Å². The molecule has 0 spiro atoms. The molecule has 0 saturated carbocycles. The summed E-state index contributed by atoms with van der Waals surface area (Å²) in [5, 5.41) is 16.1. The summed E-state index contributed by atoms with van der Waals surface area (Å²) in [5.74, 6) is -0.206. The number of H-pyrrole nitrogens is 1. The highest BCUT2D eigenvalue weighted by molar-refractivity contribution is 8.07. The number of alkyl halides is 2. The lowest BCUT2D eigenvalue weighted by atomic mass is 10.1. The van der Waals surface area contributed by atoms with Gasteiger partial charge in [0.15, 0.2) is 42.2 Å². The number of aromatic nitrogens is 9. The molecule has 0 bridgehead atoms. The molecule has 0 aliphatic carbocycles. The minimum atomic E-state index is -4.36. The molecule has 2 fully saturated rings. The van der Waals surface area contributed by atoms with Gasteiger partial charge in [-0.25, -0.2) is 28.4 Å². The van der Waals surface area contributed by atoms with Gasteiger partial charge in [-0.2, -0.15) is 4.98 Å². The van der Waals surface area contributed by atoms with Gasteiger partial charge in [-0.3, -0.25) is 18.9 Å². The highest BCUT2D eigenvalue weighted by atomic mass is 32.5. The van der Waals surface area contributed by atoms with Crippen molar-refractivity contribution in [3.63, 3.8) is 0 Å². The third-order valence-electron chi connectivity index (χ3n) is 6.84. The van der Waals surface area contributed by atoms with Crippen LogP contribution < -0.4 is 17.0 Å². The highest BCUT2D eigenvalue weighted by Crippen LogP contribution is 2.54. The molecule has 10 atom stereocenters. The average molecular weight is 730 g/mol. The van der Waals surface area contributed by atoms with Gasteiger partial charge in [0.1, 0.15) is 41.7 Å². The Morgan fingerprint density at radius 1 is 1.20 bits per heavy atom. The second kappa shape index (κ2) is 12.7. The summed E-state index contributed by atoms with van der Waals surface area (Å²) in [6, 6.07) is 0. The minimum absolute atomic E-state index is 0.0563. The number of fused-ring (bicyclic) bond motifs is 2. The number of aliphatic hydroxyl groups excluding tert-OH is 1. The van der Waals surface area contributed by atoms with E-state index in [2.05, 4.69) is 47.0 Å². The molecule has 0 aromatic carbocycles. The fraction of sp³-hybridized carbons (Fsp3) is 0.526. The molecule has 244 valence electrons. The molecule has 45 heavy (non-hydrogen) atoms. The number of aromatic amines is 1. The fourth-order valence-corrected chi connectivity index (χ4v) is 8.37. The Kier molecular flexibility index (Phi) is 9.19. The number of hydrogen-bond donors (Lipinski definition) is 6. The molecule has 6 heterocycles. The number of nitrogens with two attached hydrogens (primary N) is 2. The normalized spacial score (nSPS) is 30.7. The van der Waals surface area contributed by atoms with Crippen molar-refractivity contribution in [2.45, 2.75) is 47.5 Å². The molecule has 0 radical (unpaired) electrons. The number of hydrogen-bond acceptors (Lipinski definition) is 17. The Balaban J connectivity index is 1.20. The monoisotopic (exact) mass is 729 g/mol. The Hall–Kier alpha value is -2.34. The number of thioether (sulfide) groups is 1. The van der Waals surface area contributed by atoms with Crippen molar-refractivity contribution < 1.29 is 42.0 Å². The molecule has 6 rings (SSSR count). The maximum absolute atomic E-state index is 15.8. The second-order valence-corrected chi connectivity index (χ2v) is 15.7. The van der Waals surface area contributed by atoms with Gasteiger partial charge in [0.05, 0.1) is 24.8 Å². The van der Waals surface area contributed by atoms with Crippen LogP contribution in [0.25, 0.3) is 22.3 Å². The SMILES string of the molecule is Nc1nc2c(nnn2[C@@H]2S[C@H](CO[PH](O)=S)[C@@H](F)[C@H]2OP(O)(=S)OC[C@H]2O[C@@H](n3cnc4c(N)ncnc43)[C@@H](F)[C@@H]2O)c(=O)[nH]1. The van der Waals surface area contributed by atoms with Gasteiger partial charge in [0.2, 0.25) is 5.95 Å². The van der Waals surface area contributed by atoms with Crippen molar-refractivity contribution in [1.29, 1.82) is 0 Å². The van der Waals surface area contributed by atoms with Crippen molar-refractivity contribution >= 4 is 83.3 Å². The van der Waals surface area contributed by atoms with Crippen LogP contribution in [0.4, 0.5) is 20.5 Å². The van der Waals surface area contributed by atoms with Crippen molar-refractivity contribution in [2.75, 3.05) is 24.7 Å². The first-order valence-corrected chi connectivity index (χ1v) is 18.7. The van der Waals surface area contributed by atoms with E-state index in [0.717, 1.165) is 22.8 Å². The molecule has 2 unspecified atom stereocenters. The molecule has 8 N–H and O–H groups in total. The zero-order valence-corrected chi connectivity index (χ0v) is 26.6. The summed E-state index contributed by atoms with van der Waals surface area (Å²) in [6.45, 7) is -5.35. The van der Waals surface area contributed by atoms with E-state index < -0.39 is 73.5 Å². The molecule has 2 saturated heterocycles. The molecule has 19 nitrogen and oxygen atoms in total. The molecular formula is C19H23F2N11O8P2S3. The van der Waals surface area contributed by atoms with Crippen LogP contribution in [0, 0.1) is 0 Å². The predicted molar refractivity (Wildman–Crippen MR) is 161 cm³/mol. The Morgan fingerprint density at radius 2 is 1.98 bits per heavy atom. The van der Waals surface area contributed by atoms with Crippen molar-refractivity contribution in [1.82, 2.24) is 44.5 Å². The van der Waals surface area contributed by atoms with Crippen molar-refractivity contribution in [3.8, 4) is 0 Å². The van der Waals surface area contributed by atoms with E-state index in [0.29, 0.717) is 0 Å². The van der Waals surface area contributed by atoms with Crippen LogP contribution in [0.5, 0.6) is 0 Å². The summed E-state index contributed by atoms with van der Waals surface area (Å²) < 4.78 is 55.0. The molecule has 4 aromatic heterocycles. The molecule has 2 aliphatic rings. The molecule has 4 aromatic rings. The first kappa shape index (κ1) is 32.6. The first-order chi connectivity index (χ1) is 21.3. The molecule has 26 heteroatoms. The largest absolute Gasteiger partial charge is 0.387 e. The van der Waals surface area contributed by atoms with Gasteiger partial charge in [-0.05, 0) is 23.6 Å². The third-order valence-corrected chi connectivity index (χ3v) is 10.7. The van der Waals surface area contributed by atoms with Gasteiger partial charge >= 0.3 is 6.72 Å². The number of aliphatic hydroxyl groups is 1. The summed E-state index contributed by atoms with van der Waals surface area (Å²) in [6.07, 6.45) is -7.61. The van der Waals surface area contributed by atoms with E-state index in [1.54, 1.807) is 0 Å². The Bertz CT molecular complexity index is 1870. The third kappa shape index (κ3) is 6.34. The number of imidazole rings is 1. The summed E-state index contributed by atoms with van der Waals surface area (Å²) in [7, 11) is -2.60. The van der Waals surface area contributed by atoms with Crippen LogP contribution in [0.2, 0.25) is 0 Å². The second-order valence-electron chi connectivity index (χ2n) is 9.66. The summed E-state index contributed by atoms with van der Waals surface area (Å²) in [5.41, 5.74) is 10.8. The Morgan fingerprint density at radius 3 is 2.73 bits per heavy atom. The van der Waals surface area contributed by atoms with Crippen LogP contribution in [-0.4, -0.2) is 108 Å². The lowest BCUT2D eigenvalue weighted by molar-refractivity contribution is -0.0461. The zero-order valence-electron chi connectivity index (χ0n) is 22.2. The maximum atomic E-state index is 15.8. The van der Waals surface area contributed by atoms with Gasteiger partial charge in [-0.1, -0.05) is 5.21 Å². The first-order valence-electron chi connectivity index (χ1n) is 12.7. The van der Waals surface area contributed by atoms with Crippen LogP contribution in [0.3, 0.4) is 0 Å². The van der Waals surface area contributed by atoms with Gasteiger partial charge in [0.25, 0.3) is 5.56 Å². The van der Waals surface area contributed by atoms with E-state index >= 15 is 8.78 Å². The van der Waals surface area contributed by atoms with Crippen LogP contribution in [-0.2, 0) is 41.9 Å². The van der Waals surface area contributed by atoms with E-state index in [-0.39, 0.29) is 40.7 Å². The summed E-state index contributed by atoms with van der Waals surface area (Å²) in [4.78, 5) is 50.9. The van der Waals surface area contributed by atoms with Crippen molar-refractivity contribution in [2.24, 2.45) is 0 Å². The highest BCUT2D eigenvalue weighted by Gasteiger charge is 2.51. The van der Waals surface area contributed by atoms with Gasteiger partial charge < -0.3 is 40.1 Å². The van der Waals surface area contributed by atoms with E-state index in [9.17, 15) is 19.7 Å². The predicted octanol–water partition coefficient (Wildman–Crippen LogP) is -0.799. The maximum Gasteiger partial charge on any atom is 0.325 e. The Labute approximate surface area is 264 Å². The number of nitrogens with one attached hydrogen (secondary N) is 1. The van der Waals surface area contributed by atoms with Gasteiger partial charge in [-0.15, -0.1) is 16.9 Å². The molecular weight excluding hydrogens is 706 g/mol. The molecule has 2 aliphatic heterocycles. The number of anilines is 2. The van der Waals surface area contributed by atoms with Gasteiger partial charge in [0, 0.05) is 0 Å². The van der Waals surface area contributed by atoms with E-state index in [1.807, 2.05) is 0 Å². The minimum Gasteiger partial charge on any atom is -0.387 e. The smallest absolute Gasteiger partial charge is 0.325 e. The standard InChI is InChI=1S/C19H23F2N11O8P2S3/c20-7-6(2-37-41(35)43)45-18(32-15-10(29-30-32)16(34)28-19(23)27-15)12(7)40-42(36,44)38-1-5-11(33)8(21)17(39-5)31-4-26-9-13(22)24-3-25-14(9)31/h3-8,11-12,17-18,33,41H,1-2H2,(H,35,43)(H,36,44)(H2,22,24,25)(H3,23,27,28,34)/t5-,6-,7-,8+,11-,12-,17-,18-,42?/m1/s1. The average Bonchev–Trinajstić information content (AvgIpc) is 3.73. The zero-order chi connectivity index (χ0) is 32.2. The number of rotatable bonds is 10. The topological polar surface area (TPSA) is 270 Å². The summed E-state index contributed by atoms with van der Waals surface area (Å²) >= 11 is 10.7. The van der Waals surface area contributed by atoms with Crippen LogP contribution in [0.1, 0.15) is 11.6 Å². The van der Waals surface area contributed by atoms with Crippen molar-refractivity contribution in [3.05, 3.63) is 23.0 Å². The quantitative estimate of drug-likeness (QED) is 0.109. The molecule has 0 amide bonds. The van der Waals surface area contributed by atoms with E-state index in [1.165, 1.54) is 10.9 Å². The lowest BCUT2D eigenvalue weighted by Gasteiger charge is -2.26.